The van der Waals surface area contributed by atoms with Gasteiger partial charge in [-0.3, -0.25) is 18.6 Å². The van der Waals surface area contributed by atoms with Crippen molar-refractivity contribution in [3.8, 4) is 0 Å². The smallest absolute Gasteiger partial charge is 0.462 e. The molecule has 0 aromatic carbocycles. The summed E-state index contributed by atoms with van der Waals surface area (Å²) in [6.45, 7) is 2.13. The second-order valence-corrected chi connectivity index (χ2v) is 15.8. The lowest BCUT2D eigenvalue weighted by Gasteiger charge is -2.20. The van der Waals surface area contributed by atoms with E-state index in [2.05, 4.69) is 103 Å². The lowest BCUT2D eigenvalue weighted by molar-refractivity contribution is -0.161. The average Bonchev–Trinajstić information content (AvgIpc) is 3.22. The van der Waals surface area contributed by atoms with Crippen LogP contribution in [0.5, 0.6) is 0 Å². The first kappa shape index (κ1) is 55.9. The molecule has 0 radical (unpaired) electrons. The fourth-order valence-corrected chi connectivity index (χ4v) is 6.13. The number of phosphoric ester groups is 1. The second kappa shape index (κ2) is 43.0. The van der Waals surface area contributed by atoms with Crippen LogP contribution in [0.25, 0.3) is 0 Å². The summed E-state index contributed by atoms with van der Waals surface area (Å²) in [5.41, 5.74) is 0. The molecule has 0 aliphatic heterocycles. The molecule has 336 valence electrons. The van der Waals surface area contributed by atoms with E-state index in [1.165, 1.54) is 44.9 Å². The first-order chi connectivity index (χ1) is 28.7. The molecule has 0 rings (SSSR count). The van der Waals surface area contributed by atoms with Crippen molar-refractivity contribution in [2.75, 3.05) is 26.4 Å². The Bertz CT molecular complexity index is 1300. The molecule has 3 N–H and O–H groups in total. The molecule has 59 heavy (non-hydrogen) atoms. The molecule has 0 amide bonds. The molecule has 0 aliphatic rings. The van der Waals surface area contributed by atoms with Crippen LogP contribution in [0.2, 0.25) is 0 Å². The highest BCUT2D eigenvalue weighted by Crippen LogP contribution is 2.43. The summed E-state index contributed by atoms with van der Waals surface area (Å²) < 4.78 is 32.6. The maximum Gasteiger partial charge on any atom is 0.472 e. The van der Waals surface area contributed by atoms with E-state index in [9.17, 15) is 24.2 Å². The van der Waals surface area contributed by atoms with Crippen LogP contribution >= 0.6 is 7.82 Å². The molecule has 0 aliphatic carbocycles. The van der Waals surface area contributed by atoms with Crippen molar-refractivity contribution in [2.45, 2.75) is 167 Å². The van der Waals surface area contributed by atoms with Gasteiger partial charge in [0.05, 0.1) is 19.8 Å². The number of ether oxygens (including phenoxy) is 2. The van der Waals surface area contributed by atoms with Gasteiger partial charge in [0, 0.05) is 12.8 Å². The van der Waals surface area contributed by atoms with Crippen LogP contribution in [-0.4, -0.2) is 65.7 Å². The minimum Gasteiger partial charge on any atom is -0.462 e. The largest absolute Gasteiger partial charge is 0.472 e. The number of hydrogen-bond donors (Lipinski definition) is 3. The summed E-state index contributed by atoms with van der Waals surface area (Å²) in [6, 6.07) is 0. The summed E-state index contributed by atoms with van der Waals surface area (Å²) in [4.78, 5) is 35.0. The van der Waals surface area contributed by atoms with Crippen molar-refractivity contribution < 1.29 is 47.8 Å². The zero-order chi connectivity index (χ0) is 43.3. The van der Waals surface area contributed by atoms with E-state index >= 15 is 0 Å². The second-order valence-electron chi connectivity index (χ2n) is 14.3. The normalized spacial score (nSPS) is 14.7. The van der Waals surface area contributed by atoms with Crippen LogP contribution in [0.3, 0.4) is 0 Å². The van der Waals surface area contributed by atoms with Gasteiger partial charge < -0.3 is 24.6 Å². The Morgan fingerprint density at radius 2 is 0.966 bits per heavy atom. The van der Waals surface area contributed by atoms with E-state index in [-0.39, 0.29) is 19.4 Å². The molecule has 0 bridgehead atoms. The summed E-state index contributed by atoms with van der Waals surface area (Å²) in [7, 11) is -4.65. The summed E-state index contributed by atoms with van der Waals surface area (Å²) in [6.07, 6.45) is 52.4. The Kier molecular flexibility index (Phi) is 40.7. The molecule has 0 aromatic heterocycles. The summed E-state index contributed by atoms with van der Waals surface area (Å²) in [5, 5.41) is 18.3. The minimum atomic E-state index is -4.65. The fourth-order valence-electron chi connectivity index (χ4n) is 5.34. The molecule has 3 unspecified atom stereocenters. The van der Waals surface area contributed by atoms with E-state index in [1.54, 1.807) is 0 Å². The number of allylic oxidation sites excluding steroid dienone is 16. The highest BCUT2D eigenvalue weighted by atomic mass is 31.2. The molecule has 11 heteroatoms. The van der Waals surface area contributed by atoms with Crippen LogP contribution in [0, 0.1) is 0 Å². The van der Waals surface area contributed by atoms with Crippen molar-refractivity contribution in [3.05, 3.63) is 97.2 Å². The van der Waals surface area contributed by atoms with Crippen LogP contribution < -0.4 is 0 Å². The van der Waals surface area contributed by atoms with Gasteiger partial charge in [-0.2, -0.15) is 0 Å². The van der Waals surface area contributed by atoms with E-state index < -0.39 is 51.8 Å². The maximum absolute atomic E-state index is 12.6. The number of aliphatic hydroxyl groups is 2. The lowest BCUT2D eigenvalue weighted by atomic mass is 10.1. The van der Waals surface area contributed by atoms with Gasteiger partial charge in [0.1, 0.15) is 12.7 Å². The molecule has 0 aromatic rings. The van der Waals surface area contributed by atoms with E-state index in [4.69, 9.17) is 19.1 Å². The number of aliphatic hydroxyl groups excluding tert-OH is 2. The third kappa shape index (κ3) is 42.8. The number of carbonyl (C=O) groups is 2. The number of phosphoric acid groups is 1. The lowest BCUT2D eigenvalue weighted by Crippen LogP contribution is -2.29. The molecule has 0 saturated heterocycles. The van der Waals surface area contributed by atoms with Crippen LogP contribution in [0.4, 0.5) is 0 Å². The van der Waals surface area contributed by atoms with Gasteiger partial charge in [0.25, 0.3) is 0 Å². The highest BCUT2D eigenvalue weighted by molar-refractivity contribution is 7.47. The quantitative estimate of drug-likeness (QED) is 0.0235. The molecule has 0 spiro atoms. The Morgan fingerprint density at radius 1 is 0.525 bits per heavy atom. The first-order valence-electron chi connectivity index (χ1n) is 22.2. The predicted molar refractivity (Wildman–Crippen MR) is 242 cm³/mol. The van der Waals surface area contributed by atoms with Crippen LogP contribution in [0.1, 0.15) is 155 Å². The van der Waals surface area contributed by atoms with Crippen molar-refractivity contribution in [2.24, 2.45) is 0 Å². The molecule has 3 atom stereocenters. The minimum absolute atomic E-state index is 0.0517. The molecular formula is C48H79O10P. The van der Waals surface area contributed by atoms with Crippen molar-refractivity contribution >= 4 is 19.8 Å². The van der Waals surface area contributed by atoms with Gasteiger partial charge in [-0.15, -0.1) is 0 Å². The van der Waals surface area contributed by atoms with E-state index in [1.807, 2.05) is 12.2 Å². The number of esters is 2. The standard InChI is InChI=1S/C48H79O10P/c1-3-5-7-9-11-13-15-17-19-21-22-24-26-28-30-32-34-36-38-40-48(52)58-46(44-57-59(53,54)56-42-45(50)41-49)43-55-47(51)39-37-35-33-31-29-27-25-23-20-18-16-14-12-10-8-6-4-2/h5,7,11-14,17-20,22,24,28,30,34,36,45-46,49-50H,3-4,6,8-10,15-16,21,23,25-27,29,31-33,35,37-44H2,1-2H3,(H,53,54). The topological polar surface area (TPSA) is 149 Å². The fraction of sp³-hybridized carbons (Fsp3) is 0.625. The average molecular weight is 847 g/mol. The summed E-state index contributed by atoms with van der Waals surface area (Å²) >= 11 is 0. The Labute approximate surface area is 357 Å². The Morgan fingerprint density at radius 3 is 1.47 bits per heavy atom. The van der Waals surface area contributed by atoms with Gasteiger partial charge in [0.2, 0.25) is 0 Å². The third-order valence-electron chi connectivity index (χ3n) is 8.74. The number of unbranched alkanes of at least 4 members (excludes halogenated alkanes) is 10. The van der Waals surface area contributed by atoms with Gasteiger partial charge in [-0.05, 0) is 83.5 Å². The maximum atomic E-state index is 12.6. The SMILES string of the molecule is CCC=CCC=CCC=CCC=CCC=CCC=CCCC(=O)OC(COC(=O)CCCCCCCCCC=CCC=CCCCCC)COP(=O)(O)OCC(O)CO. The Balaban J connectivity index is 4.44. The van der Waals surface area contributed by atoms with Crippen molar-refractivity contribution in [1.82, 2.24) is 0 Å². The van der Waals surface area contributed by atoms with Crippen LogP contribution in [0.15, 0.2) is 97.2 Å². The predicted octanol–water partition coefficient (Wildman–Crippen LogP) is 12.0. The number of carbonyl (C=O) groups excluding carboxylic acids is 2. The molecular weight excluding hydrogens is 767 g/mol. The molecule has 10 nitrogen and oxygen atoms in total. The Hall–Kier alpha value is -3.11. The van der Waals surface area contributed by atoms with Crippen molar-refractivity contribution in [1.29, 1.82) is 0 Å². The van der Waals surface area contributed by atoms with Crippen molar-refractivity contribution in [3.63, 3.8) is 0 Å². The monoisotopic (exact) mass is 847 g/mol. The van der Waals surface area contributed by atoms with Gasteiger partial charge in [0.15, 0.2) is 6.10 Å². The van der Waals surface area contributed by atoms with Crippen LogP contribution in [-0.2, 0) is 32.7 Å². The van der Waals surface area contributed by atoms with Gasteiger partial charge in [-0.25, -0.2) is 4.57 Å². The van der Waals surface area contributed by atoms with Gasteiger partial charge >= 0.3 is 19.8 Å². The van der Waals surface area contributed by atoms with Gasteiger partial charge in [-0.1, -0.05) is 156 Å². The number of rotatable bonds is 40. The highest BCUT2D eigenvalue weighted by Gasteiger charge is 2.27. The molecule has 0 saturated carbocycles. The van der Waals surface area contributed by atoms with E-state index in [0.717, 1.165) is 70.6 Å². The molecule has 0 fully saturated rings. The zero-order valence-electron chi connectivity index (χ0n) is 36.4. The zero-order valence-corrected chi connectivity index (χ0v) is 37.3. The first-order valence-corrected chi connectivity index (χ1v) is 23.7. The molecule has 0 heterocycles. The third-order valence-corrected chi connectivity index (χ3v) is 9.69. The number of hydrogen-bond acceptors (Lipinski definition) is 9. The van der Waals surface area contributed by atoms with E-state index in [0.29, 0.717) is 12.8 Å². The summed E-state index contributed by atoms with van der Waals surface area (Å²) in [5.74, 6) is -1.04.